The molecular weight excluding hydrogens is 374 g/mol. The fourth-order valence-corrected chi connectivity index (χ4v) is 6.99. The second kappa shape index (κ2) is 7.55. The van der Waals surface area contributed by atoms with E-state index < -0.39 is 0 Å². The molecule has 0 radical (unpaired) electrons. The summed E-state index contributed by atoms with van der Waals surface area (Å²) in [5.41, 5.74) is 12.2. The fourth-order valence-electron chi connectivity index (χ4n) is 6.99. The van der Waals surface area contributed by atoms with Gasteiger partial charge in [-0.1, -0.05) is 71.9 Å². The molecule has 4 atom stereocenters. The van der Waals surface area contributed by atoms with Gasteiger partial charge in [-0.2, -0.15) is 0 Å². The molecular formula is C30H33N. The maximum atomic E-state index is 3.81. The minimum atomic E-state index is 0.506. The second-order valence-electron chi connectivity index (χ2n) is 9.90. The first-order chi connectivity index (χ1) is 15.3. The van der Waals surface area contributed by atoms with Gasteiger partial charge in [-0.15, -0.1) is 0 Å². The van der Waals surface area contributed by atoms with Crippen LogP contribution >= 0.6 is 0 Å². The Bertz CT molecular complexity index is 1100. The standard InChI is InChI=1S/C30H33N/c1-3-19(2)31-28-18-27-24-14-7-6-12-22(24)23-13-8-9-15-25(23)29(27)26-17-16-20-10-4-5-11-21(20)30(26)28/h3-5,7,9-11,14-15,18,23,25,27,29,31H,6,8,12-13,16-17H2,1-2H3/b19-3+/t23-,25?,27+,29?/m0/s1. The lowest BCUT2D eigenvalue weighted by atomic mass is 9.54. The van der Waals surface area contributed by atoms with Gasteiger partial charge >= 0.3 is 0 Å². The van der Waals surface area contributed by atoms with Gasteiger partial charge < -0.3 is 5.32 Å². The van der Waals surface area contributed by atoms with E-state index in [1.165, 1.54) is 66.6 Å². The molecule has 1 nitrogen and oxygen atoms in total. The molecule has 0 aliphatic heterocycles. The summed E-state index contributed by atoms with van der Waals surface area (Å²) in [7, 11) is 0. The highest BCUT2D eigenvalue weighted by molar-refractivity contribution is 5.86. The lowest BCUT2D eigenvalue weighted by molar-refractivity contribution is 0.246. The number of fused-ring (bicyclic) bond motifs is 8. The Morgan fingerprint density at radius 1 is 1.03 bits per heavy atom. The molecule has 2 unspecified atom stereocenters. The maximum absolute atomic E-state index is 3.81. The van der Waals surface area contributed by atoms with Crippen molar-refractivity contribution in [2.45, 2.75) is 52.4 Å². The molecule has 1 N–H and O–H groups in total. The highest BCUT2D eigenvalue weighted by Gasteiger charge is 2.47. The van der Waals surface area contributed by atoms with Crippen molar-refractivity contribution >= 4 is 5.57 Å². The number of nitrogens with one attached hydrogen (secondary N) is 1. The van der Waals surface area contributed by atoms with Gasteiger partial charge in [-0.25, -0.2) is 0 Å². The van der Waals surface area contributed by atoms with Crippen LogP contribution in [0.4, 0.5) is 0 Å². The molecule has 6 rings (SSSR count). The highest BCUT2D eigenvalue weighted by Crippen LogP contribution is 2.57. The zero-order valence-electron chi connectivity index (χ0n) is 18.8. The predicted molar refractivity (Wildman–Crippen MR) is 130 cm³/mol. The van der Waals surface area contributed by atoms with Gasteiger partial charge in [0.1, 0.15) is 0 Å². The van der Waals surface area contributed by atoms with Crippen molar-refractivity contribution in [2.75, 3.05) is 0 Å². The molecule has 0 amide bonds. The van der Waals surface area contributed by atoms with Crippen molar-refractivity contribution in [2.24, 2.45) is 23.7 Å². The van der Waals surface area contributed by atoms with Crippen molar-refractivity contribution in [3.63, 3.8) is 0 Å². The molecule has 0 aromatic heterocycles. The van der Waals surface area contributed by atoms with Crippen LogP contribution in [0.2, 0.25) is 0 Å². The second-order valence-corrected chi connectivity index (χ2v) is 9.90. The maximum Gasteiger partial charge on any atom is 0.0427 e. The summed E-state index contributed by atoms with van der Waals surface area (Å²) in [6.45, 7) is 4.31. The van der Waals surface area contributed by atoms with E-state index in [4.69, 9.17) is 0 Å². The molecule has 1 aromatic rings. The van der Waals surface area contributed by atoms with E-state index in [1.54, 1.807) is 16.7 Å². The van der Waals surface area contributed by atoms with Crippen molar-refractivity contribution in [3.8, 4) is 0 Å². The molecule has 1 aromatic carbocycles. The Labute approximate surface area is 187 Å². The van der Waals surface area contributed by atoms with Crippen molar-refractivity contribution < 1.29 is 0 Å². The van der Waals surface area contributed by atoms with E-state index in [-0.39, 0.29) is 0 Å². The number of rotatable bonds is 2. The summed E-state index contributed by atoms with van der Waals surface area (Å²) < 4.78 is 0. The van der Waals surface area contributed by atoms with E-state index in [0.717, 1.165) is 5.92 Å². The molecule has 0 saturated carbocycles. The number of benzene rings is 1. The van der Waals surface area contributed by atoms with Gasteiger partial charge in [0, 0.05) is 22.9 Å². The lowest BCUT2D eigenvalue weighted by Gasteiger charge is -2.50. The summed E-state index contributed by atoms with van der Waals surface area (Å²) >= 11 is 0. The number of allylic oxidation sites excluding steroid dienone is 11. The first-order valence-electron chi connectivity index (χ1n) is 12.3. The Kier molecular flexibility index (Phi) is 4.67. The van der Waals surface area contributed by atoms with Crippen LogP contribution in [-0.4, -0.2) is 0 Å². The highest BCUT2D eigenvalue weighted by atomic mass is 14.9. The summed E-state index contributed by atoms with van der Waals surface area (Å²) in [6, 6.07) is 9.11. The van der Waals surface area contributed by atoms with E-state index in [0.29, 0.717) is 17.8 Å². The molecule has 0 fully saturated rings. The van der Waals surface area contributed by atoms with E-state index in [1.807, 2.05) is 0 Å². The normalized spacial score (nSPS) is 31.3. The van der Waals surface area contributed by atoms with Crippen LogP contribution in [0.15, 0.2) is 88.8 Å². The molecule has 1 heteroatoms. The molecule has 0 spiro atoms. The van der Waals surface area contributed by atoms with Gasteiger partial charge in [0.15, 0.2) is 0 Å². The predicted octanol–water partition coefficient (Wildman–Crippen LogP) is 7.27. The lowest BCUT2D eigenvalue weighted by Crippen LogP contribution is -2.41. The summed E-state index contributed by atoms with van der Waals surface area (Å²) in [6.07, 6.45) is 22.2. The van der Waals surface area contributed by atoms with Crippen LogP contribution in [-0.2, 0) is 6.42 Å². The number of aryl methyl sites for hydroxylation is 1. The van der Waals surface area contributed by atoms with Crippen LogP contribution < -0.4 is 5.32 Å². The first-order valence-corrected chi connectivity index (χ1v) is 12.3. The molecule has 0 bridgehead atoms. The van der Waals surface area contributed by atoms with Crippen LogP contribution in [0, 0.1) is 23.7 Å². The van der Waals surface area contributed by atoms with E-state index in [2.05, 4.69) is 79.9 Å². The van der Waals surface area contributed by atoms with Gasteiger partial charge in [0.25, 0.3) is 0 Å². The average Bonchev–Trinajstić information content (AvgIpc) is 2.83. The summed E-state index contributed by atoms with van der Waals surface area (Å²) in [5.74, 6) is 2.53. The third-order valence-electron chi connectivity index (χ3n) is 8.38. The SMILES string of the molecule is C/C=C(\C)NC1=C[C@@H]2C3=C(CCC=C3)[C@@H]3CCC=CC3C2C2=C1c1ccccc1CC2. The molecule has 5 aliphatic carbocycles. The minimum Gasteiger partial charge on any atom is -0.359 e. The van der Waals surface area contributed by atoms with Crippen LogP contribution in [0.3, 0.4) is 0 Å². The molecule has 158 valence electrons. The van der Waals surface area contributed by atoms with Crippen molar-refractivity contribution in [1.82, 2.24) is 5.32 Å². The van der Waals surface area contributed by atoms with Crippen LogP contribution in [0.1, 0.15) is 57.1 Å². The van der Waals surface area contributed by atoms with Crippen molar-refractivity contribution in [3.05, 3.63) is 100.0 Å². The summed E-state index contributed by atoms with van der Waals surface area (Å²) in [4.78, 5) is 0. The van der Waals surface area contributed by atoms with Crippen LogP contribution in [0.5, 0.6) is 0 Å². The largest absolute Gasteiger partial charge is 0.359 e. The molecule has 31 heavy (non-hydrogen) atoms. The molecule has 0 saturated heterocycles. The summed E-state index contributed by atoms with van der Waals surface area (Å²) in [5, 5.41) is 3.81. The van der Waals surface area contributed by atoms with E-state index in [9.17, 15) is 0 Å². The Hall–Kier alpha value is -2.54. The fraction of sp³-hybridized carbons (Fsp3) is 0.400. The minimum absolute atomic E-state index is 0.506. The Morgan fingerprint density at radius 2 is 1.94 bits per heavy atom. The smallest absolute Gasteiger partial charge is 0.0427 e. The van der Waals surface area contributed by atoms with E-state index >= 15 is 0 Å². The van der Waals surface area contributed by atoms with Crippen molar-refractivity contribution in [1.29, 1.82) is 0 Å². The monoisotopic (exact) mass is 407 g/mol. The Balaban J connectivity index is 1.58. The van der Waals surface area contributed by atoms with Gasteiger partial charge in [0.05, 0.1) is 0 Å². The van der Waals surface area contributed by atoms with Gasteiger partial charge in [0.2, 0.25) is 0 Å². The Morgan fingerprint density at radius 3 is 2.84 bits per heavy atom. The number of hydrogen-bond acceptors (Lipinski definition) is 1. The molecule has 5 aliphatic rings. The first kappa shape index (κ1) is 19.2. The number of hydrogen-bond donors (Lipinski definition) is 1. The van der Waals surface area contributed by atoms with Crippen LogP contribution in [0.25, 0.3) is 5.57 Å². The average molecular weight is 408 g/mol. The zero-order valence-corrected chi connectivity index (χ0v) is 18.8. The van der Waals surface area contributed by atoms with Gasteiger partial charge in [-0.3, -0.25) is 0 Å². The third kappa shape index (κ3) is 2.97. The zero-order chi connectivity index (χ0) is 20.9. The third-order valence-corrected chi connectivity index (χ3v) is 8.38. The topological polar surface area (TPSA) is 12.0 Å². The quantitative estimate of drug-likeness (QED) is 0.508. The van der Waals surface area contributed by atoms with Gasteiger partial charge in [-0.05, 0) is 86.8 Å². The molecule has 0 heterocycles.